The van der Waals surface area contributed by atoms with Gasteiger partial charge in [0.15, 0.2) is 5.78 Å². The van der Waals surface area contributed by atoms with E-state index in [0.717, 1.165) is 5.56 Å². The molecule has 1 aliphatic heterocycles. The van der Waals surface area contributed by atoms with Crippen LogP contribution >= 0.6 is 0 Å². The van der Waals surface area contributed by atoms with E-state index < -0.39 is 35.0 Å². The summed E-state index contributed by atoms with van der Waals surface area (Å²) in [6.45, 7) is 9.09. The molecule has 35 heavy (non-hydrogen) atoms. The maximum absolute atomic E-state index is 14.9. The number of ketones is 1. The van der Waals surface area contributed by atoms with Gasteiger partial charge in [-0.3, -0.25) is 9.59 Å². The summed E-state index contributed by atoms with van der Waals surface area (Å²) >= 11 is 0. The van der Waals surface area contributed by atoms with Crippen LogP contribution in [0.4, 0.5) is 9.18 Å². The fourth-order valence-corrected chi connectivity index (χ4v) is 4.18. The van der Waals surface area contributed by atoms with Crippen LogP contribution in [-0.4, -0.2) is 57.1 Å². The lowest BCUT2D eigenvalue weighted by molar-refractivity contribution is -0.128. The van der Waals surface area contributed by atoms with Crippen molar-refractivity contribution in [2.75, 3.05) is 13.6 Å². The molecule has 1 N–H and O–H groups in total. The third-order valence-corrected chi connectivity index (χ3v) is 5.95. The van der Waals surface area contributed by atoms with Gasteiger partial charge < -0.3 is 19.5 Å². The first-order chi connectivity index (χ1) is 16.3. The van der Waals surface area contributed by atoms with E-state index in [4.69, 9.17) is 4.74 Å². The number of imidazole rings is 1. The van der Waals surface area contributed by atoms with Crippen molar-refractivity contribution in [1.29, 1.82) is 0 Å². The highest BCUT2D eigenvalue weighted by atomic mass is 19.1. The van der Waals surface area contributed by atoms with E-state index >= 15 is 0 Å². The first-order valence-electron chi connectivity index (χ1n) is 11.9. The van der Waals surface area contributed by atoms with Gasteiger partial charge >= 0.3 is 6.09 Å². The minimum Gasteiger partial charge on any atom is -0.444 e. The lowest BCUT2D eigenvalue weighted by atomic mass is 9.86. The number of aromatic nitrogens is 2. The summed E-state index contributed by atoms with van der Waals surface area (Å²) in [6, 6.07) is 9.46. The Morgan fingerprint density at radius 2 is 1.77 bits per heavy atom. The van der Waals surface area contributed by atoms with Crippen LogP contribution in [0.25, 0.3) is 11.4 Å². The summed E-state index contributed by atoms with van der Waals surface area (Å²) in [5.41, 5.74) is -1.03. The van der Waals surface area contributed by atoms with Crippen molar-refractivity contribution in [3.8, 4) is 11.4 Å². The van der Waals surface area contributed by atoms with Crippen LogP contribution < -0.4 is 5.32 Å². The molecule has 2 amide bonds. The Morgan fingerprint density at radius 3 is 2.34 bits per heavy atom. The molecule has 8 nitrogen and oxygen atoms in total. The third kappa shape index (κ3) is 6.26. The van der Waals surface area contributed by atoms with Gasteiger partial charge in [-0.2, -0.15) is 0 Å². The molecule has 0 radical (unpaired) electrons. The van der Waals surface area contributed by atoms with Crippen molar-refractivity contribution in [3.05, 3.63) is 41.7 Å². The normalized spacial score (nSPS) is 15.1. The highest BCUT2D eigenvalue weighted by Crippen LogP contribution is 2.31. The minimum atomic E-state index is -1.91. The number of rotatable bonds is 6. The average molecular weight is 487 g/mol. The van der Waals surface area contributed by atoms with Gasteiger partial charge in [-0.15, -0.1) is 0 Å². The number of hydrogen-bond acceptors (Lipinski definition) is 5. The maximum atomic E-state index is 14.9. The zero-order chi connectivity index (χ0) is 26.0. The molecule has 1 aromatic heterocycles. The van der Waals surface area contributed by atoms with E-state index in [0.29, 0.717) is 31.0 Å². The zero-order valence-electron chi connectivity index (χ0n) is 21.4. The van der Waals surface area contributed by atoms with E-state index in [1.807, 2.05) is 34.9 Å². The van der Waals surface area contributed by atoms with E-state index in [2.05, 4.69) is 10.3 Å². The monoisotopic (exact) mass is 486 g/mol. The second-order valence-electron chi connectivity index (χ2n) is 10.4. The van der Waals surface area contributed by atoms with Gasteiger partial charge in [-0.25, -0.2) is 14.2 Å². The minimum absolute atomic E-state index is 0.124. The molecule has 0 aliphatic carbocycles. The largest absolute Gasteiger partial charge is 0.444 e. The summed E-state index contributed by atoms with van der Waals surface area (Å²) in [5, 5.41) is 2.45. The Bertz CT molecular complexity index is 1080. The Kier molecular flexibility index (Phi) is 7.67. The molecule has 9 heteroatoms. The molecular weight excluding hydrogens is 451 g/mol. The number of amides is 2. The molecule has 2 heterocycles. The number of alkyl halides is 1. The predicted molar refractivity (Wildman–Crippen MR) is 131 cm³/mol. The van der Waals surface area contributed by atoms with E-state index in [1.54, 1.807) is 25.7 Å². The molecule has 1 unspecified atom stereocenters. The molecule has 1 aromatic carbocycles. The number of nitrogens with one attached hydrogen (secondary N) is 1. The number of halogens is 1. The van der Waals surface area contributed by atoms with Crippen LogP contribution in [0.5, 0.6) is 0 Å². The van der Waals surface area contributed by atoms with Crippen molar-refractivity contribution in [2.45, 2.75) is 71.8 Å². The van der Waals surface area contributed by atoms with Gasteiger partial charge in [0.25, 0.3) is 0 Å². The predicted octanol–water partition coefficient (Wildman–Crippen LogP) is 4.37. The lowest BCUT2D eigenvalue weighted by Gasteiger charge is -2.26. The molecule has 0 spiro atoms. The standard InChI is InChI=1S/C26H35FN4O4/c1-25(2,3)35-24(34)30-13-10-14-31-19(16-30)21(29-22(31)17-11-8-7-9-12-17)20(32)15-18(23(33)28-6)26(4,5)27/h7-9,11-12,18H,10,13-16H2,1-6H3,(H,28,33). The lowest BCUT2D eigenvalue weighted by Crippen LogP contribution is -2.40. The molecule has 0 fully saturated rings. The molecule has 1 aliphatic rings. The number of nitrogens with zero attached hydrogens (tertiary/aromatic N) is 3. The number of hydrogen-bond donors (Lipinski definition) is 1. The number of benzene rings is 1. The van der Waals surface area contributed by atoms with E-state index in [1.165, 1.54) is 20.9 Å². The Labute approximate surface area is 205 Å². The highest BCUT2D eigenvalue weighted by Gasteiger charge is 2.38. The van der Waals surface area contributed by atoms with Gasteiger partial charge in [0.1, 0.15) is 22.8 Å². The van der Waals surface area contributed by atoms with E-state index in [-0.39, 0.29) is 18.7 Å². The van der Waals surface area contributed by atoms with Crippen LogP contribution in [0.1, 0.15) is 63.6 Å². The summed E-state index contributed by atoms with van der Waals surface area (Å²) < 4.78 is 22.4. The van der Waals surface area contributed by atoms with Crippen LogP contribution in [-0.2, 0) is 22.6 Å². The van der Waals surface area contributed by atoms with Crippen LogP contribution in [0, 0.1) is 5.92 Å². The quantitative estimate of drug-likeness (QED) is 0.612. The first kappa shape index (κ1) is 26.4. The number of carbonyl (C=O) groups is 3. The average Bonchev–Trinajstić information content (AvgIpc) is 2.98. The SMILES string of the molecule is CNC(=O)C(CC(=O)c1nc(-c2ccccc2)n2c1CN(C(=O)OC(C)(C)C)CCC2)C(C)(C)F. The summed E-state index contributed by atoms with van der Waals surface area (Å²) in [6.07, 6.45) is -0.164. The number of ether oxygens (including phenoxy) is 1. The van der Waals surface area contributed by atoms with Crippen molar-refractivity contribution in [1.82, 2.24) is 19.8 Å². The topological polar surface area (TPSA) is 93.5 Å². The number of fused-ring (bicyclic) bond motifs is 1. The molecular formula is C26H35FN4O4. The van der Waals surface area contributed by atoms with E-state index in [9.17, 15) is 18.8 Å². The second kappa shape index (κ2) is 10.2. The third-order valence-electron chi connectivity index (χ3n) is 5.95. The maximum Gasteiger partial charge on any atom is 0.410 e. The highest BCUT2D eigenvalue weighted by molar-refractivity contribution is 5.99. The smallest absolute Gasteiger partial charge is 0.410 e. The molecule has 0 bridgehead atoms. The summed E-state index contributed by atoms with van der Waals surface area (Å²) in [4.78, 5) is 45.0. The van der Waals surface area contributed by atoms with Crippen LogP contribution in [0.3, 0.4) is 0 Å². The van der Waals surface area contributed by atoms with Gasteiger partial charge in [-0.05, 0) is 41.0 Å². The first-order valence-corrected chi connectivity index (χ1v) is 11.9. The van der Waals surface area contributed by atoms with Gasteiger partial charge in [0, 0.05) is 32.1 Å². The fourth-order valence-electron chi connectivity index (χ4n) is 4.18. The second-order valence-corrected chi connectivity index (χ2v) is 10.4. The van der Waals surface area contributed by atoms with Crippen molar-refractivity contribution < 1.29 is 23.5 Å². The van der Waals surface area contributed by atoms with Crippen molar-refractivity contribution in [2.24, 2.45) is 5.92 Å². The zero-order valence-corrected chi connectivity index (χ0v) is 21.4. The Morgan fingerprint density at radius 1 is 1.11 bits per heavy atom. The van der Waals surface area contributed by atoms with Crippen LogP contribution in [0.2, 0.25) is 0 Å². The van der Waals surface area contributed by atoms with Crippen molar-refractivity contribution in [3.63, 3.8) is 0 Å². The summed E-state index contributed by atoms with van der Waals surface area (Å²) in [7, 11) is 1.42. The molecule has 3 rings (SSSR count). The molecule has 0 saturated heterocycles. The van der Waals surface area contributed by atoms with Crippen molar-refractivity contribution >= 4 is 17.8 Å². The molecule has 1 atom stereocenters. The van der Waals surface area contributed by atoms with Gasteiger partial charge in [0.05, 0.1) is 18.2 Å². The molecule has 190 valence electrons. The van der Waals surface area contributed by atoms with Gasteiger partial charge in [-0.1, -0.05) is 30.3 Å². The summed E-state index contributed by atoms with van der Waals surface area (Å²) in [5.74, 6) is -1.56. The molecule has 0 saturated carbocycles. The Hall–Kier alpha value is -3.23. The Balaban J connectivity index is 2.05. The number of Topliss-reactive ketones (excluding diaryl/α,β-unsaturated/α-hetero) is 1. The van der Waals surface area contributed by atoms with Crippen LogP contribution in [0.15, 0.2) is 30.3 Å². The molecule has 2 aromatic rings. The number of carbonyl (C=O) groups excluding carboxylic acids is 3. The van der Waals surface area contributed by atoms with Gasteiger partial charge in [0.2, 0.25) is 5.91 Å². The fraction of sp³-hybridized carbons (Fsp3) is 0.538.